The molecule has 0 radical (unpaired) electrons. The minimum atomic E-state index is -0.155. The van der Waals surface area contributed by atoms with Gasteiger partial charge in [0.25, 0.3) is 0 Å². The first-order valence-electron chi connectivity index (χ1n) is 10.2. The van der Waals surface area contributed by atoms with E-state index in [-0.39, 0.29) is 18.6 Å². The molecule has 6 nitrogen and oxygen atoms in total. The van der Waals surface area contributed by atoms with Crippen molar-refractivity contribution in [2.75, 3.05) is 56.2 Å². The van der Waals surface area contributed by atoms with E-state index in [0.717, 1.165) is 38.3 Å². The highest BCUT2D eigenvalue weighted by atomic mass is 16.5. The molecule has 1 saturated heterocycles. The summed E-state index contributed by atoms with van der Waals surface area (Å²) in [5.41, 5.74) is 1.84. The van der Waals surface area contributed by atoms with Gasteiger partial charge in [-0.05, 0) is 45.4 Å². The fraction of sp³-hybridized carbons (Fsp3) is 0.667. The van der Waals surface area contributed by atoms with Crippen LogP contribution < -0.4 is 15.0 Å². The first-order valence-corrected chi connectivity index (χ1v) is 10.2. The summed E-state index contributed by atoms with van der Waals surface area (Å²) in [5.74, 6) is 0.556. The van der Waals surface area contributed by atoms with E-state index in [9.17, 15) is 4.79 Å². The highest BCUT2D eigenvalue weighted by Gasteiger charge is 2.18. The van der Waals surface area contributed by atoms with Crippen molar-refractivity contribution in [3.63, 3.8) is 0 Å². The molecule has 1 heterocycles. The van der Waals surface area contributed by atoms with Gasteiger partial charge in [-0.1, -0.05) is 13.8 Å². The second-order valence-corrected chi connectivity index (χ2v) is 7.02. The van der Waals surface area contributed by atoms with Crippen LogP contribution in [0.4, 0.5) is 11.4 Å². The molecule has 0 spiro atoms. The van der Waals surface area contributed by atoms with E-state index in [1.165, 1.54) is 13.0 Å². The summed E-state index contributed by atoms with van der Waals surface area (Å²) in [6, 6.07) is 6.02. The van der Waals surface area contributed by atoms with Gasteiger partial charge in [0.15, 0.2) is 0 Å². The van der Waals surface area contributed by atoms with Crippen molar-refractivity contribution in [2.24, 2.45) is 0 Å². The number of anilines is 2. The Morgan fingerprint density at radius 3 is 2.56 bits per heavy atom. The Bertz CT molecular complexity index is 586. The molecular weight excluding hydrogens is 342 g/mol. The lowest BCUT2D eigenvalue weighted by Gasteiger charge is -2.36. The van der Waals surface area contributed by atoms with Gasteiger partial charge in [-0.25, -0.2) is 0 Å². The number of nitrogens with zero attached hydrogens (tertiary/aromatic N) is 2. The Morgan fingerprint density at radius 1 is 1.19 bits per heavy atom. The molecule has 0 bridgehead atoms. The zero-order chi connectivity index (χ0) is 19.6. The maximum absolute atomic E-state index is 12.2. The van der Waals surface area contributed by atoms with Gasteiger partial charge in [0.05, 0.1) is 18.4 Å². The quantitative estimate of drug-likeness (QED) is 0.677. The number of carbonyl (C=O) groups excluding carboxylic acids is 1. The Labute approximate surface area is 163 Å². The summed E-state index contributed by atoms with van der Waals surface area (Å²) in [5, 5.41) is 2.91. The standard InChI is InChI=1S/C21H35N3O3/c1-5-10-23-11-13-24(14-12-23)18-8-9-19(20(15-18)26-7-3)22-21(25)16-27-17(4)6-2/h8-9,15,17H,5-7,10-14,16H2,1-4H3,(H,22,25)/t17-/m1/s1. The second kappa shape index (κ2) is 11.1. The van der Waals surface area contributed by atoms with E-state index < -0.39 is 0 Å². The number of rotatable bonds is 10. The molecule has 0 aromatic heterocycles. The molecule has 1 aromatic rings. The van der Waals surface area contributed by atoms with E-state index in [0.29, 0.717) is 18.0 Å². The summed E-state index contributed by atoms with van der Waals surface area (Å²) < 4.78 is 11.3. The van der Waals surface area contributed by atoms with Crippen LogP contribution in [0.2, 0.25) is 0 Å². The number of piperazine rings is 1. The lowest BCUT2D eigenvalue weighted by atomic mass is 10.2. The Morgan fingerprint density at radius 2 is 1.93 bits per heavy atom. The molecule has 27 heavy (non-hydrogen) atoms. The third-order valence-electron chi connectivity index (χ3n) is 4.89. The van der Waals surface area contributed by atoms with Crippen LogP contribution in [-0.4, -0.2) is 62.8 Å². The Hall–Kier alpha value is -1.79. The number of hydrogen-bond acceptors (Lipinski definition) is 5. The van der Waals surface area contributed by atoms with Crippen LogP contribution in [0.5, 0.6) is 5.75 Å². The van der Waals surface area contributed by atoms with Gasteiger partial charge < -0.3 is 19.7 Å². The molecule has 6 heteroatoms. The smallest absolute Gasteiger partial charge is 0.250 e. The predicted octanol–water partition coefficient (Wildman–Crippen LogP) is 3.37. The molecule has 1 aliphatic rings. The van der Waals surface area contributed by atoms with E-state index in [1.807, 2.05) is 32.9 Å². The maximum atomic E-state index is 12.2. The van der Waals surface area contributed by atoms with Gasteiger partial charge in [-0.15, -0.1) is 0 Å². The van der Waals surface area contributed by atoms with Crippen LogP contribution in [0.15, 0.2) is 18.2 Å². The third kappa shape index (κ3) is 6.70. The minimum absolute atomic E-state index is 0.0573. The number of hydrogen-bond donors (Lipinski definition) is 1. The molecule has 1 amide bonds. The predicted molar refractivity (Wildman–Crippen MR) is 111 cm³/mol. The first-order chi connectivity index (χ1) is 13.1. The molecule has 1 aromatic carbocycles. The molecule has 1 fully saturated rings. The minimum Gasteiger partial charge on any atom is -0.492 e. The molecule has 0 unspecified atom stereocenters. The number of ether oxygens (including phenoxy) is 2. The third-order valence-corrected chi connectivity index (χ3v) is 4.89. The maximum Gasteiger partial charge on any atom is 0.250 e. The van der Waals surface area contributed by atoms with Crippen molar-refractivity contribution < 1.29 is 14.3 Å². The monoisotopic (exact) mass is 377 g/mol. The Kier molecular flexibility index (Phi) is 8.88. The van der Waals surface area contributed by atoms with Gasteiger partial charge in [-0.3, -0.25) is 9.69 Å². The van der Waals surface area contributed by atoms with E-state index in [1.54, 1.807) is 0 Å². The van der Waals surface area contributed by atoms with E-state index in [4.69, 9.17) is 9.47 Å². The van der Waals surface area contributed by atoms with Crippen molar-refractivity contribution in [2.45, 2.75) is 46.6 Å². The van der Waals surface area contributed by atoms with Crippen molar-refractivity contribution in [3.05, 3.63) is 18.2 Å². The van der Waals surface area contributed by atoms with Crippen LogP contribution in [-0.2, 0) is 9.53 Å². The highest BCUT2D eigenvalue weighted by Crippen LogP contribution is 2.30. The fourth-order valence-electron chi connectivity index (χ4n) is 3.15. The lowest BCUT2D eigenvalue weighted by molar-refractivity contribution is -0.122. The van der Waals surface area contributed by atoms with Crippen molar-refractivity contribution in [3.8, 4) is 5.75 Å². The molecule has 1 aliphatic heterocycles. The van der Waals surface area contributed by atoms with Crippen LogP contribution in [0.25, 0.3) is 0 Å². The summed E-state index contributed by atoms with van der Waals surface area (Å²) in [7, 11) is 0. The van der Waals surface area contributed by atoms with Crippen molar-refractivity contribution in [1.82, 2.24) is 4.90 Å². The van der Waals surface area contributed by atoms with Crippen molar-refractivity contribution >= 4 is 17.3 Å². The summed E-state index contributed by atoms with van der Waals surface area (Å²) in [6.45, 7) is 14.2. The highest BCUT2D eigenvalue weighted by molar-refractivity contribution is 5.93. The summed E-state index contributed by atoms with van der Waals surface area (Å²) in [4.78, 5) is 17.1. The van der Waals surface area contributed by atoms with Crippen LogP contribution in [0.1, 0.15) is 40.5 Å². The van der Waals surface area contributed by atoms with Gasteiger partial charge >= 0.3 is 0 Å². The fourth-order valence-corrected chi connectivity index (χ4v) is 3.15. The van der Waals surface area contributed by atoms with E-state index in [2.05, 4.69) is 28.1 Å². The van der Waals surface area contributed by atoms with Crippen LogP contribution in [0, 0.1) is 0 Å². The van der Waals surface area contributed by atoms with Crippen LogP contribution >= 0.6 is 0 Å². The van der Waals surface area contributed by atoms with Gasteiger partial charge in [0.2, 0.25) is 5.91 Å². The normalized spacial score (nSPS) is 16.2. The van der Waals surface area contributed by atoms with Crippen molar-refractivity contribution in [1.29, 1.82) is 0 Å². The Balaban J connectivity index is 2.00. The van der Waals surface area contributed by atoms with Gasteiger partial charge in [0, 0.05) is 37.9 Å². The molecule has 1 N–H and O–H groups in total. The largest absolute Gasteiger partial charge is 0.492 e. The zero-order valence-electron chi connectivity index (χ0n) is 17.3. The number of nitrogens with one attached hydrogen (secondary N) is 1. The molecule has 152 valence electrons. The molecular formula is C21H35N3O3. The van der Waals surface area contributed by atoms with Crippen LogP contribution in [0.3, 0.4) is 0 Å². The van der Waals surface area contributed by atoms with Gasteiger partial charge in [0.1, 0.15) is 12.4 Å². The summed E-state index contributed by atoms with van der Waals surface area (Å²) >= 11 is 0. The second-order valence-electron chi connectivity index (χ2n) is 7.02. The number of carbonyl (C=O) groups is 1. The first kappa shape index (κ1) is 21.5. The number of benzene rings is 1. The van der Waals surface area contributed by atoms with E-state index >= 15 is 0 Å². The zero-order valence-corrected chi connectivity index (χ0v) is 17.3. The molecule has 0 aliphatic carbocycles. The molecule has 0 saturated carbocycles. The SMILES string of the molecule is CCCN1CCN(c2ccc(NC(=O)CO[C@H](C)CC)c(OCC)c2)CC1. The molecule has 2 rings (SSSR count). The van der Waals surface area contributed by atoms with Gasteiger partial charge in [-0.2, -0.15) is 0 Å². The summed E-state index contributed by atoms with van der Waals surface area (Å²) in [6.07, 6.45) is 2.16. The molecule has 1 atom stereocenters. The number of amides is 1. The average molecular weight is 378 g/mol. The average Bonchev–Trinajstić information content (AvgIpc) is 2.68. The lowest BCUT2D eigenvalue weighted by Crippen LogP contribution is -2.46. The topological polar surface area (TPSA) is 54.0 Å².